The van der Waals surface area contributed by atoms with E-state index in [2.05, 4.69) is 5.10 Å². The summed E-state index contributed by atoms with van der Waals surface area (Å²) in [6.45, 7) is 2.99. The normalized spacial score (nSPS) is 19.1. The molecular weight excluding hydrogens is 304 g/mol. The Morgan fingerprint density at radius 3 is 2.74 bits per heavy atom. The number of aldehydes is 1. The van der Waals surface area contributed by atoms with Crippen LogP contribution in [0.4, 0.5) is 0 Å². The fraction of sp³-hybridized carbons (Fsp3) is 0.467. The first-order valence-electron chi connectivity index (χ1n) is 7.09. The summed E-state index contributed by atoms with van der Waals surface area (Å²) in [5, 5.41) is 4.08. The predicted octanol–water partition coefficient (Wildman–Crippen LogP) is 1.15. The lowest BCUT2D eigenvalue weighted by Gasteiger charge is -2.33. The van der Waals surface area contributed by atoms with Crippen LogP contribution in [0.3, 0.4) is 0 Å². The molecule has 0 saturated heterocycles. The highest BCUT2D eigenvalue weighted by Crippen LogP contribution is 2.37. The summed E-state index contributed by atoms with van der Waals surface area (Å²) in [6.07, 6.45) is 4.22. The number of fused-ring (bicyclic) bond motifs is 1. The summed E-state index contributed by atoms with van der Waals surface area (Å²) in [5.74, 6) is -1.15. The minimum absolute atomic E-state index is 0.0280. The van der Waals surface area contributed by atoms with Gasteiger partial charge < -0.3 is 14.2 Å². The maximum Gasteiger partial charge on any atom is 0.342 e. The second-order valence-corrected chi connectivity index (χ2v) is 4.96. The molecular formula is C15H18N2O6. The highest BCUT2D eigenvalue weighted by Gasteiger charge is 2.43. The molecule has 1 aliphatic heterocycles. The smallest absolute Gasteiger partial charge is 0.342 e. The van der Waals surface area contributed by atoms with E-state index < -0.39 is 17.5 Å². The monoisotopic (exact) mass is 322 g/mol. The van der Waals surface area contributed by atoms with Crippen LogP contribution in [0.2, 0.25) is 0 Å². The summed E-state index contributed by atoms with van der Waals surface area (Å²) >= 11 is 0. The van der Waals surface area contributed by atoms with Gasteiger partial charge in [-0.15, -0.1) is 0 Å². The number of carbonyl (C=O) groups is 3. The van der Waals surface area contributed by atoms with Gasteiger partial charge >= 0.3 is 11.9 Å². The lowest BCUT2D eigenvalue weighted by Crippen LogP contribution is -2.39. The quantitative estimate of drug-likeness (QED) is 0.572. The van der Waals surface area contributed by atoms with Crippen LogP contribution in [0.1, 0.15) is 46.8 Å². The molecule has 1 atom stereocenters. The van der Waals surface area contributed by atoms with Crippen molar-refractivity contribution in [3.8, 4) is 0 Å². The van der Waals surface area contributed by atoms with Crippen molar-refractivity contribution in [1.82, 2.24) is 9.78 Å². The number of nitrogens with zero attached hydrogens (tertiary/aromatic N) is 2. The van der Waals surface area contributed by atoms with Crippen LogP contribution in [0.15, 0.2) is 6.08 Å². The molecule has 0 radical (unpaired) electrons. The van der Waals surface area contributed by atoms with Gasteiger partial charge in [-0.3, -0.25) is 9.59 Å². The van der Waals surface area contributed by atoms with Gasteiger partial charge in [-0.05, 0) is 6.92 Å². The van der Waals surface area contributed by atoms with Crippen LogP contribution in [0.5, 0.6) is 0 Å². The standard InChI is InChI=1S/C15H18N2O6/c1-4-22-14(20)12-11(8-18)16-17-7-5-6-15(21-3,13(12)17)9-23-10(2)19/h5,7-8H,4,6,9H2,1-3H3. The molecule has 124 valence electrons. The van der Waals surface area contributed by atoms with Crippen LogP contribution < -0.4 is 0 Å². The summed E-state index contributed by atoms with van der Waals surface area (Å²) in [5.41, 5.74) is -0.796. The van der Waals surface area contributed by atoms with E-state index in [9.17, 15) is 14.4 Å². The highest BCUT2D eigenvalue weighted by atomic mass is 16.6. The molecule has 0 N–H and O–H groups in total. The number of hydrogen-bond donors (Lipinski definition) is 0. The number of aromatic nitrogens is 2. The van der Waals surface area contributed by atoms with E-state index >= 15 is 0 Å². The van der Waals surface area contributed by atoms with Gasteiger partial charge in [0.1, 0.15) is 23.5 Å². The third-order valence-electron chi connectivity index (χ3n) is 3.55. The van der Waals surface area contributed by atoms with E-state index in [0.29, 0.717) is 18.4 Å². The Morgan fingerprint density at radius 2 is 2.17 bits per heavy atom. The maximum atomic E-state index is 12.3. The van der Waals surface area contributed by atoms with Crippen LogP contribution in [0, 0.1) is 0 Å². The van der Waals surface area contributed by atoms with E-state index in [1.165, 1.54) is 18.7 Å². The second kappa shape index (κ2) is 6.74. The minimum Gasteiger partial charge on any atom is -0.462 e. The zero-order valence-corrected chi connectivity index (χ0v) is 13.2. The summed E-state index contributed by atoms with van der Waals surface area (Å²) < 4.78 is 17.1. The first kappa shape index (κ1) is 16.9. The van der Waals surface area contributed by atoms with Crippen molar-refractivity contribution >= 4 is 24.4 Å². The Balaban J connectivity index is 2.60. The fourth-order valence-corrected chi connectivity index (χ4v) is 2.51. The molecule has 1 unspecified atom stereocenters. The van der Waals surface area contributed by atoms with Gasteiger partial charge in [0.05, 0.1) is 12.3 Å². The van der Waals surface area contributed by atoms with Gasteiger partial charge in [-0.1, -0.05) is 6.08 Å². The van der Waals surface area contributed by atoms with E-state index in [1.807, 2.05) is 0 Å². The van der Waals surface area contributed by atoms with E-state index in [4.69, 9.17) is 14.2 Å². The Bertz CT molecular complexity index is 663. The highest BCUT2D eigenvalue weighted by molar-refractivity contribution is 5.99. The Labute approximate surface area is 133 Å². The van der Waals surface area contributed by atoms with Crippen LogP contribution in [-0.4, -0.2) is 48.3 Å². The SMILES string of the molecule is CCOC(=O)c1c(C=O)nn2c1C(COC(C)=O)(OC)CC=C2. The van der Waals surface area contributed by atoms with Crippen molar-refractivity contribution in [1.29, 1.82) is 0 Å². The van der Waals surface area contributed by atoms with Crippen LogP contribution >= 0.6 is 0 Å². The Morgan fingerprint density at radius 1 is 1.43 bits per heavy atom. The van der Waals surface area contributed by atoms with Crippen molar-refractivity contribution in [2.75, 3.05) is 20.3 Å². The molecule has 23 heavy (non-hydrogen) atoms. The topological polar surface area (TPSA) is 96.7 Å². The van der Waals surface area contributed by atoms with Crippen molar-refractivity contribution < 1.29 is 28.6 Å². The summed E-state index contributed by atoms with van der Waals surface area (Å²) in [6, 6.07) is 0. The molecule has 0 aromatic carbocycles. The summed E-state index contributed by atoms with van der Waals surface area (Å²) in [7, 11) is 1.44. The van der Waals surface area contributed by atoms with Gasteiger partial charge in [0.2, 0.25) is 0 Å². The van der Waals surface area contributed by atoms with Crippen LogP contribution in [-0.2, 0) is 24.6 Å². The Hall–Kier alpha value is -2.48. The average molecular weight is 322 g/mol. The van der Waals surface area contributed by atoms with Crippen molar-refractivity contribution in [3.63, 3.8) is 0 Å². The fourth-order valence-electron chi connectivity index (χ4n) is 2.51. The molecule has 0 fully saturated rings. The molecule has 8 heteroatoms. The molecule has 0 spiro atoms. The first-order chi connectivity index (χ1) is 11.0. The predicted molar refractivity (Wildman–Crippen MR) is 78.8 cm³/mol. The van der Waals surface area contributed by atoms with E-state index in [-0.39, 0.29) is 24.5 Å². The lowest BCUT2D eigenvalue weighted by atomic mass is 9.90. The van der Waals surface area contributed by atoms with Crippen molar-refractivity contribution in [3.05, 3.63) is 23.0 Å². The van der Waals surface area contributed by atoms with E-state index in [0.717, 1.165) is 0 Å². The molecule has 1 aromatic rings. The van der Waals surface area contributed by atoms with Gasteiger partial charge in [0.15, 0.2) is 6.29 Å². The molecule has 1 aromatic heterocycles. The zero-order valence-electron chi connectivity index (χ0n) is 13.2. The van der Waals surface area contributed by atoms with Crippen molar-refractivity contribution in [2.24, 2.45) is 0 Å². The van der Waals surface area contributed by atoms with Gasteiger partial charge in [-0.25, -0.2) is 9.48 Å². The average Bonchev–Trinajstić information content (AvgIpc) is 2.92. The molecule has 0 bridgehead atoms. The molecule has 0 aliphatic carbocycles. The molecule has 0 amide bonds. The number of rotatable bonds is 6. The largest absolute Gasteiger partial charge is 0.462 e. The number of methoxy groups -OCH3 is 1. The van der Waals surface area contributed by atoms with Gasteiger partial charge in [0, 0.05) is 26.7 Å². The third kappa shape index (κ3) is 3.02. The molecule has 8 nitrogen and oxygen atoms in total. The Kier molecular flexibility index (Phi) is 4.95. The first-order valence-corrected chi connectivity index (χ1v) is 7.09. The van der Waals surface area contributed by atoms with Crippen molar-refractivity contribution in [2.45, 2.75) is 25.9 Å². The van der Waals surface area contributed by atoms with Gasteiger partial charge in [-0.2, -0.15) is 5.10 Å². The molecule has 0 saturated carbocycles. The molecule has 2 rings (SSSR count). The number of carbonyl (C=O) groups excluding carboxylic acids is 3. The molecule has 2 heterocycles. The second-order valence-electron chi connectivity index (χ2n) is 4.96. The zero-order chi connectivity index (χ0) is 17.0. The van der Waals surface area contributed by atoms with E-state index in [1.54, 1.807) is 19.2 Å². The minimum atomic E-state index is -1.11. The lowest BCUT2D eigenvalue weighted by molar-refractivity contribution is -0.152. The third-order valence-corrected chi connectivity index (χ3v) is 3.55. The molecule has 1 aliphatic rings. The van der Waals surface area contributed by atoms with Gasteiger partial charge in [0.25, 0.3) is 0 Å². The van der Waals surface area contributed by atoms with Crippen LogP contribution in [0.25, 0.3) is 6.20 Å². The maximum absolute atomic E-state index is 12.3. The number of hydrogen-bond acceptors (Lipinski definition) is 7. The number of ether oxygens (including phenoxy) is 3. The summed E-state index contributed by atoms with van der Waals surface area (Å²) in [4.78, 5) is 34.7. The number of esters is 2.